The first-order valence-corrected chi connectivity index (χ1v) is 8.66. The molecule has 1 aromatic heterocycles. The van der Waals surface area contributed by atoms with Gasteiger partial charge in [0, 0.05) is 26.1 Å². The highest BCUT2D eigenvalue weighted by Gasteiger charge is 2.33. The van der Waals surface area contributed by atoms with Gasteiger partial charge in [-0.1, -0.05) is 12.1 Å². The molecule has 2 aromatic rings. The maximum atomic E-state index is 12.5. The molecule has 24 heavy (non-hydrogen) atoms. The van der Waals surface area contributed by atoms with Crippen LogP contribution in [0.5, 0.6) is 5.75 Å². The fraction of sp³-hybridized carbons (Fsp3) is 0.421. The molecule has 2 N–H and O–H groups in total. The highest BCUT2D eigenvalue weighted by Crippen LogP contribution is 2.23. The minimum absolute atomic E-state index is 0.0401. The number of aromatic nitrogens is 1. The van der Waals surface area contributed by atoms with Gasteiger partial charge in [-0.15, -0.1) is 0 Å². The number of carbonyl (C=O) groups is 1. The quantitative estimate of drug-likeness (QED) is 0.849. The van der Waals surface area contributed by atoms with E-state index in [9.17, 15) is 4.79 Å². The van der Waals surface area contributed by atoms with Gasteiger partial charge in [-0.3, -0.25) is 4.79 Å². The zero-order valence-electron chi connectivity index (χ0n) is 14.4. The molecule has 5 heteroatoms. The van der Waals surface area contributed by atoms with E-state index in [0.717, 1.165) is 30.8 Å². The lowest BCUT2D eigenvalue weighted by atomic mass is 10.1. The van der Waals surface area contributed by atoms with Gasteiger partial charge in [0.05, 0.1) is 24.5 Å². The minimum Gasteiger partial charge on any atom is -0.492 e. The van der Waals surface area contributed by atoms with Crippen molar-refractivity contribution in [3.8, 4) is 5.75 Å². The van der Waals surface area contributed by atoms with Crippen LogP contribution in [0.2, 0.25) is 0 Å². The topological polar surface area (TPSA) is 47.7 Å². The third kappa shape index (κ3) is 3.62. The van der Waals surface area contributed by atoms with Gasteiger partial charge in [0.2, 0.25) is 0 Å². The first kappa shape index (κ1) is 16.6. The Kier molecular flexibility index (Phi) is 5.20. The summed E-state index contributed by atoms with van der Waals surface area (Å²) < 4.78 is 7.74. The standard InChI is InChI=1S/C19H25N3O2/c1-3-24-18-11-5-4-8-15(18)20-19(23)14-22-13-7-10-17(22)16-9-6-12-21(16)2/h4-6,8-9,11-12,17H,3,7,10,13-14H2,1-2H3,(H,20,23)/p+1/t17-/m1/s1. The number of nitrogens with zero attached hydrogens (tertiary/aromatic N) is 1. The van der Waals surface area contributed by atoms with E-state index in [-0.39, 0.29) is 5.91 Å². The second-order valence-electron chi connectivity index (χ2n) is 6.30. The normalized spacial score (nSPS) is 20.1. The summed E-state index contributed by atoms with van der Waals surface area (Å²) in [6, 6.07) is 12.2. The predicted molar refractivity (Wildman–Crippen MR) is 94.3 cm³/mol. The lowest BCUT2D eigenvalue weighted by Gasteiger charge is -2.22. The van der Waals surface area contributed by atoms with Crippen molar-refractivity contribution in [2.75, 3.05) is 25.0 Å². The van der Waals surface area contributed by atoms with Crippen LogP contribution in [0, 0.1) is 0 Å². The number of nitrogens with one attached hydrogen (secondary N) is 2. The van der Waals surface area contributed by atoms with Gasteiger partial charge in [-0.05, 0) is 31.2 Å². The molecule has 0 saturated carbocycles. The molecular formula is C19H26N3O2+. The maximum Gasteiger partial charge on any atom is 0.279 e. The first-order chi connectivity index (χ1) is 11.7. The summed E-state index contributed by atoms with van der Waals surface area (Å²) in [5.74, 6) is 0.766. The van der Waals surface area contributed by atoms with E-state index in [0.29, 0.717) is 19.2 Å². The van der Waals surface area contributed by atoms with Crippen molar-refractivity contribution in [3.05, 3.63) is 48.3 Å². The van der Waals surface area contributed by atoms with E-state index in [4.69, 9.17) is 4.74 Å². The number of ether oxygens (including phenoxy) is 1. The van der Waals surface area contributed by atoms with Crippen LogP contribution in [-0.4, -0.2) is 30.2 Å². The maximum absolute atomic E-state index is 12.5. The van der Waals surface area contributed by atoms with E-state index in [2.05, 4.69) is 35.3 Å². The molecule has 0 aliphatic carbocycles. The number of para-hydroxylation sites is 2. The molecule has 1 aliphatic rings. The molecule has 1 saturated heterocycles. The number of anilines is 1. The average molecular weight is 328 g/mol. The Morgan fingerprint density at radius 2 is 2.17 bits per heavy atom. The molecule has 0 radical (unpaired) electrons. The lowest BCUT2D eigenvalue weighted by molar-refractivity contribution is -0.910. The molecule has 0 bridgehead atoms. The second kappa shape index (κ2) is 7.53. The van der Waals surface area contributed by atoms with Crippen LogP contribution in [0.3, 0.4) is 0 Å². The molecule has 3 rings (SSSR count). The van der Waals surface area contributed by atoms with Crippen molar-refractivity contribution in [2.24, 2.45) is 7.05 Å². The lowest BCUT2D eigenvalue weighted by Crippen LogP contribution is -3.11. The Balaban J connectivity index is 1.65. The second-order valence-corrected chi connectivity index (χ2v) is 6.30. The summed E-state index contributed by atoms with van der Waals surface area (Å²) in [4.78, 5) is 13.9. The number of rotatable bonds is 6. The summed E-state index contributed by atoms with van der Waals surface area (Å²) in [6.45, 7) is 4.05. The number of benzene rings is 1. The Hall–Kier alpha value is -2.27. The van der Waals surface area contributed by atoms with E-state index >= 15 is 0 Å². The Morgan fingerprint density at radius 3 is 2.92 bits per heavy atom. The van der Waals surface area contributed by atoms with Gasteiger partial charge >= 0.3 is 0 Å². The fourth-order valence-corrected chi connectivity index (χ4v) is 3.57. The molecule has 1 aliphatic heterocycles. The molecular weight excluding hydrogens is 302 g/mol. The van der Waals surface area contributed by atoms with E-state index in [1.807, 2.05) is 31.2 Å². The predicted octanol–water partition coefficient (Wildman–Crippen LogP) is 1.78. The number of quaternary nitrogens is 1. The number of carbonyl (C=O) groups excluding carboxylic acids is 1. The largest absolute Gasteiger partial charge is 0.492 e. The summed E-state index contributed by atoms with van der Waals surface area (Å²) in [6.07, 6.45) is 4.37. The molecule has 0 spiro atoms. The molecule has 2 heterocycles. The average Bonchev–Trinajstić information content (AvgIpc) is 3.18. The molecule has 1 unspecified atom stereocenters. The Morgan fingerprint density at radius 1 is 1.33 bits per heavy atom. The summed E-state index contributed by atoms with van der Waals surface area (Å²) in [5.41, 5.74) is 2.06. The van der Waals surface area contributed by atoms with Crippen molar-refractivity contribution in [1.82, 2.24) is 4.57 Å². The summed E-state index contributed by atoms with van der Waals surface area (Å²) >= 11 is 0. The molecule has 1 amide bonds. The van der Waals surface area contributed by atoms with Crippen LogP contribution in [0.25, 0.3) is 0 Å². The number of hydrogen-bond donors (Lipinski definition) is 2. The number of aryl methyl sites for hydroxylation is 1. The smallest absolute Gasteiger partial charge is 0.279 e. The van der Waals surface area contributed by atoms with E-state index in [1.165, 1.54) is 10.6 Å². The third-order valence-electron chi connectivity index (χ3n) is 4.67. The fourth-order valence-electron chi connectivity index (χ4n) is 3.57. The number of hydrogen-bond acceptors (Lipinski definition) is 2. The van der Waals surface area contributed by atoms with Gasteiger partial charge in [0.25, 0.3) is 5.91 Å². The third-order valence-corrected chi connectivity index (χ3v) is 4.67. The Bertz CT molecular complexity index is 695. The van der Waals surface area contributed by atoms with Crippen LogP contribution in [0.15, 0.2) is 42.6 Å². The van der Waals surface area contributed by atoms with Gasteiger partial charge in [-0.2, -0.15) is 0 Å². The molecule has 1 aromatic carbocycles. The number of likely N-dealkylation sites (tertiary alicyclic amines) is 1. The van der Waals surface area contributed by atoms with E-state index in [1.54, 1.807) is 0 Å². The molecule has 2 atom stereocenters. The zero-order chi connectivity index (χ0) is 16.9. The Labute approximate surface area is 143 Å². The molecule has 5 nitrogen and oxygen atoms in total. The summed E-state index contributed by atoms with van der Waals surface area (Å²) in [7, 11) is 2.07. The van der Waals surface area contributed by atoms with Crippen molar-refractivity contribution >= 4 is 11.6 Å². The van der Waals surface area contributed by atoms with Gasteiger partial charge in [0.1, 0.15) is 11.8 Å². The highest BCUT2D eigenvalue weighted by atomic mass is 16.5. The highest BCUT2D eigenvalue weighted by molar-refractivity contribution is 5.92. The van der Waals surface area contributed by atoms with Crippen molar-refractivity contribution in [2.45, 2.75) is 25.8 Å². The first-order valence-electron chi connectivity index (χ1n) is 8.66. The van der Waals surface area contributed by atoms with Crippen LogP contribution in [0.4, 0.5) is 5.69 Å². The number of amides is 1. The minimum atomic E-state index is 0.0401. The van der Waals surface area contributed by atoms with Crippen LogP contribution >= 0.6 is 0 Å². The van der Waals surface area contributed by atoms with Crippen LogP contribution < -0.4 is 15.0 Å². The van der Waals surface area contributed by atoms with E-state index < -0.39 is 0 Å². The van der Waals surface area contributed by atoms with Crippen molar-refractivity contribution in [1.29, 1.82) is 0 Å². The molecule has 128 valence electrons. The van der Waals surface area contributed by atoms with Crippen LogP contribution in [-0.2, 0) is 11.8 Å². The van der Waals surface area contributed by atoms with Gasteiger partial charge < -0.3 is 19.5 Å². The zero-order valence-corrected chi connectivity index (χ0v) is 14.4. The SMILES string of the molecule is CCOc1ccccc1NC(=O)C[NH+]1CCC[C@@H]1c1cccn1C. The molecule has 1 fully saturated rings. The van der Waals surface area contributed by atoms with Crippen molar-refractivity contribution < 1.29 is 14.4 Å². The van der Waals surface area contributed by atoms with Gasteiger partial charge in [-0.25, -0.2) is 0 Å². The van der Waals surface area contributed by atoms with Gasteiger partial charge in [0.15, 0.2) is 6.54 Å². The van der Waals surface area contributed by atoms with Crippen LogP contribution in [0.1, 0.15) is 31.5 Å². The van der Waals surface area contributed by atoms with Crippen molar-refractivity contribution in [3.63, 3.8) is 0 Å². The summed E-state index contributed by atoms with van der Waals surface area (Å²) in [5, 5.41) is 3.01. The monoisotopic (exact) mass is 328 g/mol.